The van der Waals surface area contributed by atoms with E-state index in [0.717, 1.165) is 16.8 Å². The van der Waals surface area contributed by atoms with E-state index in [1.54, 1.807) is 0 Å². The van der Waals surface area contributed by atoms with E-state index >= 15 is 0 Å². The summed E-state index contributed by atoms with van der Waals surface area (Å²) in [6.07, 6.45) is 6.65. The predicted octanol–water partition coefficient (Wildman–Crippen LogP) is 4.35. The van der Waals surface area contributed by atoms with Crippen molar-refractivity contribution in [3.8, 4) is 6.07 Å². The number of hydrogen-bond acceptors (Lipinski definition) is 5. The van der Waals surface area contributed by atoms with Crippen LogP contribution in [0.1, 0.15) is 54.5 Å². The molecule has 0 bridgehead atoms. The van der Waals surface area contributed by atoms with Crippen molar-refractivity contribution in [2.75, 3.05) is 17.3 Å². The van der Waals surface area contributed by atoms with Gasteiger partial charge in [0, 0.05) is 25.3 Å². The Kier molecular flexibility index (Phi) is 5.72. The molecule has 1 aliphatic rings. The quantitative estimate of drug-likeness (QED) is 0.869. The lowest BCUT2D eigenvalue weighted by atomic mass is 9.94. The summed E-state index contributed by atoms with van der Waals surface area (Å²) in [5.74, 6) is 0.555. The van der Waals surface area contributed by atoms with Gasteiger partial charge in [-0.1, -0.05) is 31.4 Å². The van der Waals surface area contributed by atoms with Crippen LogP contribution in [-0.4, -0.2) is 23.3 Å². The molecule has 5 heteroatoms. The smallest absolute Gasteiger partial charge is 0.167 e. The van der Waals surface area contributed by atoms with E-state index in [4.69, 9.17) is 0 Å². The second-order valence-electron chi connectivity index (χ2n) is 7.17. The first kappa shape index (κ1) is 18.2. The zero-order valence-corrected chi connectivity index (χ0v) is 15.9. The summed E-state index contributed by atoms with van der Waals surface area (Å²) in [7, 11) is 2.20. The van der Waals surface area contributed by atoms with Gasteiger partial charge in [0.2, 0.25) is 0 Å². The molecule has 1 aromatic heterocycles. The van der Waals surface area contributed by atoms with Crippen molar-refractivity contribution in [3.05, 3.63) is 46.6 Å². The van der Waals surface area contributed by atoms with Crippen molar-refractivity contribution in [2.45, 2.75) is 58.5 Å². The Hall–Kier alpha value is -2.61. The van der Waals surface area contributed by atoms with Crippen molar-refractivity contribution in [1.82, 2.24) is 10.2 Å². The fraction of sp³-hybridized carbons (Fsp3) is 0.476. The standard InChI is InChI=1S/C21H27N5/c1-15-16(2)24-25-21(20(15)13-22)23-14-17-9-11-19(12-10-17)26(3)18-7-5-4-6-8-18/h9-12,18H,4-8,14H2,1-3H3,(H,23,25). The average Bonchev–Trinajstić information content (AvgIpc) is 2.69. The van der Waals surface area contributed by atoms with E-state index < -0.39 is 0 Å². The van der Waals surface area contributed by atoms with Gasteiger partial charge >= 0.3 is 0 Å². The summed E-state index contributed by atoms with van der Waals surface area (Å²) in [4.78, 5) is 2.42. The number of hydrogen-bond donors (Lipinski definition) is 1. The predicted molar refractivity (Wildman–Crippen MR) is 105 cm³/mol. The normalized spacial score (nSPS) is 14.7. The Balaban J connectivity index is 1.65. The number of nitrogens with zero attached hydrogens (tertiary/aromatic N) is 4. The van der Waals surface area contributed by atoms with Gasteiger partial charge in [-0.3, -0.25) is 0 Å². The van der Waals surface area contributed by atoms with Crippen molar-refractivity contribution in [3.63, 3.8) is 0 Å². The SMILES string of the molecule is Cc1nnc(NCc2ccc(N(C)C3CCCCC3)cc2)c(C#N)c1C. The number of benzene rings is 1. The summed E-state index contributed by atoms with van der Waals surface area (Å²) in [5, 5.41) is 20.9. The Labute approximate surface area is 156 Å². The Morgan fingerprint density at radius 2 is 1.81 bits per heavy atom. The van der Waals surface area contributed by atoms with Gasteiger partial charge in [-0.15, -0.1) is 5.10 Å². The fourth-order valence-corrected chi connectivity index (χ4v) is 3.58. The third-order valence-electron chi connectivity index (χ3n) is 5.49. The molecule has 1 aromatic carbocycles. The molecular weight excluding hydrogens is 322 g/mol. The lowest BCUT2D eigenvalue weighted by molar-refractivity contribution is 0.427. The molecular formula is C21H27N5. The van der Waals surface area contributed by atoms with Crippen molar-refractivity contribution >= 4 is 11.5 Å². The van der Waals surface area contributed by atoms with Crippen molar-refractivity contribution < 1.29 is 0 Å². The maximum atomic E-state index is 9.38. The molecule has 1 heterocycles. The number of nitrogens with one attached hydrogen (secondary N) is 1. The van der Waals surface area contributed by atoms with Gasteiger partial charge < -0.3 is 10.2 Å². The summed E-state index contributed by atoms with van der Waals surface area (Å²) < 4.78 is 0. The van der Waals surface area contributed by atoms with Crippen LogP contribution in [0.3, 0.4) is 0 Å². The topological polar surface area (TPSA) is 64.8 Å². The van der Waals surface area contributed by atoms with Gasteiger partial charge in [0.15, 0.2) is 5.82 Å². The first-order valence-electron chi connectivity index (χ1n) is 9.39. The van der Waals surface area contributed by atoms with Crippen LogP contribution in [0.25, 0.3) is 0 Å². The molecule has 1 N–H and O–H groups in total. The van der Waals surface area contributed by atoms with Gasteiger partial charge in [0.1, 0.15) is 11.6 Å². The third-order valence-corrected chi connectivity index (χ3v) is 5.49. The first-order chi connectivity index (χ1) is 12.6. The van der Waals surface area contributed by atoms with E-state index in [0.29, 0.717) is 24.0 Å². The summed E-state index contributed by atoms with van der Waals surface area (Å²) in [5.41, 5.74) is 4.68. The van der Waals surface area contributed by atoms with E-state index in [9.17, 15) is 5.26 Å². The van der Waals surface area contributed by atoms with Gasteiger partial charge in [0.05, 0.1) is 5.69 Å². The summed E-state index contributed by atoms with van der Waals surface area (Å²) in [6, 6.07) is 11.5. The zero-order valence-electron chi connectivity index (χ0n) is 15.9. The lowest BCUT2D eigenvalue weighted by Crippen LogP contribution is -2.33. The van der Waals surface area contributed by atoms with Crippen molar-refractivity contribution in [1.29, 1.82) is 5.26 Å². The molecule has 0 aliphatic heterocycles. The van der Waals surface area contributed by atoms with Crippen LogP contribution in [0.15, 0.2) is 24.3 Å². The zero-order chi connectivity index (χ0) is 18.5. The molecule has 26 heavy (non-hydrogen) atoms. The highest BCUT2D eigenvalue weighted by Crippen LogP contribution is 2.26. The van der Waals surface area contributed by atoms with Crippen LogP contribution in [0, 0.1) is 25.2 Å². The van der Waals surface area contributed by atoms with Gasteiger partial charge in [-0.2, -0.15) is 10.4 Å². The van der Waals surface area contributed by atoms with E-state index in [1.165, 1.54) is 37.8 Å². The van der Waals surface area contributed by atoms with Crippen LogP contribution >= 0.6 is 0 Å². The second kappa shape index (κ2) is 8.18. The molecule has 0 radical (unpaired) electrons. The fourth-order valence-electron chi connectivity index (χ4n) is 3.58. The molecule has 5 nitrogen and oxygen atoms in total. The number of aryl methyl sites for hydroxylation is 1. The molecule has 1 fully saturated rings. The number of aromatic nitrogens is 2. The van der Waals surface area contributed by atoms with Gasteiger partial charge in [-0.25, -0.2) is 0 Å². The minimum absolute atomic E-state index is 0.555. The number of anilines is 2. The Morgan fingerprint density at radius 1 is 1.12 bits per heavy atom. The summed E-state index contributed by atoms with van der Waals surface area (Å²) in [6.45, 7) is 4.40. The van der Waals surface area contributed by atoms with Gasteiger partial charge in [-0.05, 0) is 49.9 Å². The number of nitriles is 1. The third kappa shape index (κ3) is 3.96. The minimum Gasteiger partial charge on any atom is -0.372 e. The van der Waals surface area contributed by atoms with Crippen LogP contribution < -0.4 is 10.2 Å². The highest BCUT2D eigenvalue weighted by Gasteiger charge is 2.18. The largest absolute Gasteiger partial charge is 0.372 e. The van der Waals surface area contributed by atoms with E-state index in [2.05, 4.69) is 57.8 Å². The average molecular weight is 349 g/mol. The molecule has 0 atom stereocenters. The maximum absolute atomic E-state index is 9.38. The van der Waals surface area contributed by atoms with Crippen LogP contribution in [-0.2, 0) is 6.54 Å². The molecule has 3 rings (SSSR count). The molecule has 0 spiro atoms. The monoisotopic (exact) mass is 349 g/mol. The van der Waals surface area contributed by atoms with Crippen molar-refractivity contribution in [2.24, 2.45) is 0 Å². The highest BCUT2D eigenvalue weighted by atomic mass is 15.2. The molecule has 136 valence electrons. The first-order valence-corrected chi connectivity index (χ1v) is 9.39. The molecule has 0 amide bonds. The Morgan fingerprint density at radius 3 is 2.46 bits per heavy atom. The van der Waals surface area contributed by atoms with E-state index in [1.807, 2.05) is 13.8 Å². The van der Waals surface area contributed by atoms with Crippen LogP contribution in [0.2, 0.25) is 0 Å². The number of rotatable bonds is 5. The van der Waals surface area contributed by atoms with E-state index in [-0.39, 0.29) is 0 Å². The lowest BCUT2D eigenvalue weighted by Gasteiger charge is -2.33. The second-order valence-corrected chi connectivity index (χ2v) is 7.17. The van der Waals surface area contributed by atoms with Crippen LogP contribution in [0.5, 0.6) is 0 Å². The minimum atomic E-state index is 0.555. The Bertz CT molecular complexity index is 785. The highest BCUT2D eigenvalue weighted by molar-refractivity contribution is 5.56. The molecule has 1 aliphatic carbocycles. The van der Waals surface area contributed by atoms with Gasteiger partial charge in [0.25, 0.3) is 0 Å². The molecule has 2 aromatic rings. The molecule has 0 unspecified atom stereocenters. The van der Waals surface area contributed by atoms with Crippen LogP contribution in [0.4, 0.5) is 11.5 Å². The summed E-state index contributed by atoms with van der Waals surface area (Å²) >= 11 is 0. The maximum Gasteiger partial charge on any atom is 0.167 e. The molecule has 0 saturated heterocycles. The molecule has 1 saturated carbocycles.